The SMILES string of the molecule is CCNCCC(O)(CO)CC(C)(CC)OC. The van der Waals surface area contributed by atoms with E-state index in [-0.39, 0.29) is 12.2 Å². The van der Waals surface area contributed by atoms with Crippen molar-refractivity contribution < 1.29 is 14.9 Å². The number of ether oxygens (including phenoxy) is 1. The quantitative estimate of drug-likeness (QED) is 0.518. The largest absolute Gasteiger partial charge is 0.393 e. The average Bonchev–Trinajstić information content (AvgIpc) is 2.29. The van der Waals surface area contributed by atoms with E-state index in [0.717, 1.165) is 13.0 Å². The summed E-state index contributed by atoms with van der Waals surface area (Å²) in [4.78, 5) is 0. The molecule has 3 N–H and O–H groups in total. The minimum atomic E-state index is -1.05. The third kappa shape index (κ3) is 5.25. The molecule has 0 aromatic heterocycles. The Balaban J connectivity index is 4.33. The molecular formula is C12H27NO3. The minimum absolute atomic E-state index is 0.225. The molecule has 0 aromatic rings. The number of hydrogen-bond acceptors (Lipinski definition) is 4. The van der Waals surface area contributed by atoms with Crippen molar-refractivity contribution in [1.82, 2.24) is 5.32 Å². The average molecular weight is 233 g/mol. The third-order valence-corrected chi connectivity index (χ3v) is 3.26. The maximum Gasteiger partial charge on any atom is 0.0916 e. The first kappa shape index (κ1) is 15.8. The molecule has 98 valence electrons. The summed E-state index contributed by atoms with van der Waals surface area (Å²) in [7, 11) is 1.64. The molecule has 0 radical (unpaired) electrons. The van der Waals surface area contributed by atoms with Gasteiger partial charge in [-0.05, 0) is 32.9 Å². The molecule has 4 heteroatoms. The van der Waals surface area contributed by atoms with E-state index in [1.54, 1.807) is 7.11 Å². The Morgan fingerprint density at radius 2 is 1.94 bits per heavy atom. The Labute approximate surface area is 99.0 Å². The second kappa shape index (κ2) is 7.22. The van der Waals surface area contributed by atoms with Crippen molar-refractivity contribution >= 4 is 0 Å². The van der Waals surface area contributed by atoms with Crippen molar-refractivity contribution in [2.24, 2.45) is 0 Å². The molecule has 0 fully saturated rings. The van der Waals surface area contributed by atoms with Gasteiger partial charge in [-0.15, -0.1) is 0 Å². The van der Waals surface area contributed by atoms with Gasteiger partial charge in [-0.2, -0.15) is 0 Å². The van der Waals surface area contributed by atoms with Crippen LogP contribution in [0.25, 0.3) is 0 Å². The summed E-state index contributed by atoms with van der Waals surface area (Å²) in [6.07, 6.45) is 1.80. The van der Waals surface area contributed by atoms with Crippen molar-refractivity contribution in [2.45, 2.75) is 51.2 Å². The maximum absolute atomic E-state index is 10.3. The van der Waals surface area contributed by atoms with E-state index in [0.29, 0.717) is 19.4 Å². The number of aliphatic hydroxyl groups excluding tert-OH is 1. The van der Waals surface area contributed by atoms with Gasteiger partial charge in [0.2, 0.25) is 0 Å². The normalized spacial score (nSPS) is 19.1. The molecule has 0 saturated carbocycles. The van der Waals surface area contributed by atoms with Gasteiger partial charge in [-0.1, -0.05) is 13.8 Å². The number of methoxy groups -OCH3 is 1. The summed E-state index contributed by atoms with van der Waals surface area (Å²) in [5.41, 5.74) is -1.42. The summed E-state index contributed by atoms with van der Waals surface area (Å²) < 4.78 is 5.40. The second-order valence-electron chi connectivity index (χ2n) is 4.67. The van der Waals surface area contributed by atoms with Gasteiger partial charge in [0, 0.05) is 13.5 Å². The van der Waals surface area contributed by atoms with Gasteiger partial charge >= 0.3 is 0 Å². The van der Waals surface area contributed by atoms with Crippen LogP contribution in [0.4, 0.5) is 0 Å². The highest BCUT2D eigenvalue weighted by molar-refractivity contribution is 4.88. The number of rotatable bonds is 9. The monoisotopic (exact) mass is 233 g/mol. The van der Waals surface area contributed by atoms with E-state index in [4.69, 9.17) is 4.74 Å². The lowest BCUT2D eigenvalue weighted by Crippen LogP contribution is -2.45. The molecule has 0 amide bonds. The van der Waals surface area contributed by atoms with Crippen LogP contribution in [0.3, 0.4) is 0 Å². The fourth-order valence-corrected chi connectivity index (χ4v) is 1.76. The lowest BCUT2D eigenvalue weighted by molar-refractivity contribution is -0.102. The number of hydrogen-bond donors (Lipinski definition) is 3. The van der Waals surface area contributed by atoms with Gasteiger partial charge < -0.3 is 20.3 Å². The molecule has 0 rings (SSSR count). The topological polar surface area (TPSA) is 61.7 Å². The van der Waals surface area contributed by atoms with Crippen LogP contribution in [0.2, 0.25) is 0 Å². The predicted molar refractivity (Wildman–Crippen MR) is 65.5 cm³/mol. The molecule has 0 saturated heterocycles. The molecule has 16 heavy (non-hydrogen) atoms. The van der Waals surface area contributed by atoms with Crippen LogP contribution >= 0.6 is 0 Å². The molecule has 0 spiro atoms. The van der Waals surface area contributed by atoms with E-state index in [1.807, 2.05) is 20.8 Å². The fourth-order valence-electron chi connectivity index (χ4n) is 1.76. The fraction of sp³-hybridized carbons (Fsp3) is 1.00. The molecule has 0 aliphatic rings. The van der Waals surface area contributed by atoms with Crippen molar-refractivity contribution in [3.63, 3.8) is 0 Å². The van der Waals surface area contributed by atoms with Crippen molar-refractivity contribution in [2.75, 3.05) is 26.8 Å². The van der Waals surface area contributed by atoms with Crippen LogP contribution in [-0.2, 0) is 4.74 Å². The zero-order chi connectivity index (χ0) is 12.7. The van der Waals surface area contributed by atoms with E-state index < -0.39 is 5.60 Å². The Morgan fingerprint density at radius 1 is 1.31 bits per heavy atom. The number of aliphatic hydroxyl groups is 2. The van der Waals surface area contributed by atoms with Crippen LogP contribution in [0.5, 0.6) is 0 Å². The van der Waals surface area contributed by atoms with Crippen LogP contribution < -0.4 is 5.32 Å². The summed E-state index contributed by atoms with van der Waals surface area (Å²) in [6, 6.07) is 0. The van der Waals surface area contributed by atoms with E-state index in [2.05, 4.69) is 5.32 Å². The molecule has 0 heterocycles. The first-order valence-electron chi connectivity index (χ1n) is 6.04. The molecule has 0 aromatic carbocycles. The summed E-state index contributed by atoms with van der Waals surface area (Å²) in [5.74, 6) is 0. The van der Waals surface area contributed by atoms with Gasteiger partial charge in [0.1, 0.15) is 0 Å². The van der Waals surface area contributed by atoms with Gasteiger partial charge in [-0.25, -0.2) is 0 Å². The molecule has 0 bridgehead atoms. The van der Waals surface area contributed by atoms with Crippen LogP contribution in [0.1, 0.15) is 40.0 Å². The molecule has 0 aliphatic heterocycles. The molecule has 0 aliphatic carbocycles. The molecular weight excluding hydrogens is 206 g/mol. The van der Waals surface area contributed by atoms with E-state index in [1.165, 1.54) is 0 Å². The molecule has 2 unspecified atom stereocenters. The number of nitrogens with one attached hydrogen (secondary N) is 1. The van der Waals surface area contributed by atoms with Gasteiger partial charge in [-0.3, -0.25) is 0 Å². The highest BCUT2D eigenvalue weighted by Crippen LogP contribution is 2.28. The third-order valence-electron chi connectivity index (χ3n) is 3.26. The van der Waals surface area contributed by atoms with Crippen molar-refractivity contribution in [1.29, 1.82) is 0 Å². The van der Waals surface area contributed by atoms with Gasteiger partial charge in [0.05, 0.1) is 17.8 Å². The summed E-state index contributed by atoms with van der Waals surface area (Å²) in [6.45, 7) is 7.35. The van der Waals surface area contributed by atoms with Crippen LogP contribution in [0.15, 0.2) is 0 Å². The predicted octanol–water partition coefficient (Wildman–Crippen LogP) is 0.915. The smallest absolute Gasteiger partial charge is 0.0916 e. The van der Waals surface area contributed by atoms with Crippen molar-refractivity contribution in [3.8, 4) is 0 Å². The first-order chi connectivity index (χ1) is 7.45. The Bertz CT molecular complexity index is 183. The summed E-state index contributed by atoms with van der Waals surface area (Å²) >= 11 is 0. The Hall–Kier alpha value is -0.160. The van der Waals surface area contributed by atoms with Crippen molar-refractivity contribution in [3.05, 3.63) is 0 Å². The lowest BCUT2D eigenvalue weighted by atomic mass is 9.84. The van der Waals surface area contributed by atoms with Crippen LogP contribution in [0, 0.1) is 0 Å². The first-order valence-corrected chi connectivity index (χ1v) is 6.04. The van der Waals surface area contributed by atoms with E-state index in [9.17, 15) is 10.2 Å². The molecule has 4 nitrogen and oxygen atoms in total. The maximum atomic E-state index is 10.3. The Morgan fingerprint density at radius 3 is 2.31 bits per heavy atom. The zero-order valence-corrected chi connectivity index (χ0v) is 11.0. The van der Waals surface area contributed by atoms with Crippen LogP contribution in [-0.4, -0.2) is 48.2 Å². The minimum Gasteiger partial charge on any atom is -0.393 e. The van der Waals surface area contributed by atoms with Gasteiger partial charge in [0.25, 0.3) is 0 Å². The molecule has 2 atom stereocenters. The highest BCUT2D eigenvalue weighted by atomic mass is 16.5. The summed E-state index contributed by atoms with van der Waals surface area (Å²) in [5, 5.41) is 22.7. The Kier molecular flexibility index (Phi) is 7.15. The highest BCUT2D eigenvalue weighted by Gasteiger charge is 2.35. The zero-order valence-electron chi connectivity index (χ0n) is 11.0. The standard InChI is InChI=1S/C12H27NO3/c1-5-11(3,16-4)9-12(15,10-14)7-8-13-6-2/h13-15H,5-10H2,1-4H3. The van der Waals surface area contributed by atoms with Gasteiger partial charge in [0.15, 0.2) is 0 Å². The van der Waals surface area contributed by atoms with E-state index >= 15 is 0 Å². The second-order valence-corrected chi connectivity index (χ2v) is 4.67. The lowest BCUT2D eigenvalue weighted by Gasteiger charge is -2.36.